The van der Waals surface area contributed by atoms with Crippen LogP contribution in [0.4, 0.5) is 5.69 Å². The Balaban J connectivity index is 0.000000886. The Hall–Kier alpha value is -4.20. The number of amidine groups is 2. The minimum Gasteiger partial charge on any atom is -0.388 e. The van der Waals surface area contributed by atoms with Gasteiger partial charge in [-0.2, -0.15) is 0 Å². The van der Waals surface area contributed by atoms with Gasteiger partial charge in [0.25, 0.3) is 11.8 Å². The molecule has 0 aromatic heterocycles. The van der Waals surface area contributed by atoms with Crippen LogP contribution in [0.25, 0.3) is 21.9 Å². The van der Waals surface area contributed by atoms with Crippen LogP contribution in [0.15, 0.2) is 48.5 Å². The van der Waals surface area contributed by atoms with Crippen molar-refractivity contribution in [2.75, 3.05) is 18.4 Å². The summed E-state index contributed by atoms with van der Waals surface area (Å²) < 4.78 is 0. The second kappa shape index (κ2) is 12.2. The lowest BCUT2D eigenvalue weighted by molar-refractivity contribution is 0.0608. The molecule has 8 nitrogen and oxygen atoms in total. The Morgan fingerprint density at radius 3 is 2.05 bits per heavy atom. The summed E-state index contributed by atoms with van der Waals surface area (Å²) in [7, 11) is 0. The van der Waals surface area contributed by atoms with Gasteiger partial charge in [0.15, 0.2) is 0 Å². The van der Waals surface area contributed by atoms with Crippen LogP contribution in [0.1, 0.15) is 72.7 Å². The van der Waals surface area contributed by atoms with Crippen LogP contribution >= 0.6 is 0 Å². The molecule has 3 aromatic carbocycles. The second-order valence-electron chi connectivity index (χ2n) is 9.14. The minimum absolute atomic E-state index is 0.00204. The molecular formula is C29H36N6O2. The summed E-state index contributed by atoms with van der Waals surface area (Å²) in [6.45, 7) is 6.93. The molecule has 1 aliphatic heterocycles. The molecule has 0 saturated carbocycles. The van der Waals surface area contributed by atoms with Gasteiger partial charge in [0.05, 0.1) is 5.84 Å². The molecule has 1 aliphatic rings. The average Bonchev–Trinajstić information content (AvgIpc) is 2.87. The number of imide groups is 1. The number of benzene rings is 3. The molecule has 4 rings (SSSR count). The van der Waals surface area contributed by atoms with E-state index in [1.54, 1.807) is 6.07 Å². The lowest BCUT2D eigenvalue weighted by Gasteiger charge is -2.29. The maximum absolute atomic E-state index is 13.3. The van der Waals surface area contributed by atoms with Crippen molar-refractivity contribution in [2.24, 2.45) is 11.5 Å². The Kier molecular flexibility index (Phi) is 9.00. The van der Waals surface area contributed by atoms with E-state index in [1.807, 2.05) is 49.4 Å². The number of amides is 2. The highest BCUT2D eigenvalue weighted by Crippen LogP contribution is 2.41. The van der Waals surface area contributed by atoms with Crippen molar-refractivity contribution >= 4 is 39.9 Å². The zero-order chi connectivity index (χ0) is 27.1. The van der Waals surface area contributed by atoms with Gasteiger partial charge in [-0.25, -0.2) is 0 Å². The summed E-state index contributed by atoms with van der Waals surface area (Å²) in [4.78, 5) is 28.0. The van der Waals surface area contributed by atoms with Crippen molar-refractivity contribution < 1.29 is 9.59 Å². The Morgan fingerprint density at radius 2 is 1.46 bits per heavy atom. The molecule has 8 heteroatoms. The summed E-state index contributed by atoms with van der Waals surface area (Å²) >= 11 is 0. The van der Waals surface area contributed by atoms with Crippen molar-refractivity contribution in [1.29, 1.82) is 10.8 Å². The smallest absolute Gasteiger partial charge is 0.261 e. The first-order chi connectivity index (χ1) is 17.7. The van der Waals surface area contributed by atoms with Gasteiger partial charge < -0.3 is 16.8 Å². The molecule has 194 valence electrons. The number of rotatable bonds is 9. The number of carbonyl (C=O) groups excluding carboxylic acids is 2. The lowest BCUT2D eigenvalue weighted by atomic mass is 9.87. The number of nitrogens with two attached hydrogens (primary N) is 2. The standard InChI is InChI=1S/C27H30N4O2.C2H6N2/c1-3-5-14-30-22-13-12-21-23-20(26(32)31(27(21)33)15-6-4-2)11-10-19(24(22)23)17-8-7-9-18(16-17)25(28)29;1-2(3)4/h7-13,16,30H,3-6,14-15H2,1-2H3,(H3,28,29);1H3,(H3,3,4). The van der Waals surface area contributed by atoms with E-state index in [4.69, 9.17) is 22.3 Å². The fourth-order valence-corrected chi connectivity index (χ4v) is 4.40. The van der Waals surface area contributed by atoms with Gasteiger partial charge in [0.1, 0.15) is 5.84 Å². The molecule has 0 radical (unpaired) electrons. The highest BCUT2D eigenvalue weighted by molar-refractivity contribution is 6.28. The van der Waals surface area contributed by atoms with Crippen LogP contribution < -0.4 is 16.8 Å². The van der Waals surface area contributed by atoms with Crippen LogP contribution in [0, 0.1) is 10.8 Å². The molecule has 1 heterocycles. The van der Waals surface area contributed by atoms with Crippen molar-refractivity contribution in [1.82, 2.24) is 4.90 Å². The van der Waals surface area contributed by atoms with E-state index in [1.165, 1.54) is 11.8 Å². The summed E-state index contributed by atoms with van der Waals surface area (Å²) in [5.74, 6) is -0.306. The molecule has 7 N–H and O–H groups in total. The quantitative estimate of drug-likeness (QED) is 0.116. The first-order valence-corrected chi connectivity index (χ1v) is 12.7. The number of nitrogen functional groups attached to an aromatic ring is 1. The Bertz CT molecular complexity index is 1320. The fraction of sp³-hybridized carbons (Fsp3) is 0.310. The zero-order valence-electron chi connectivity index (χ0n) is 21.8. The highest BCUT2D eigenvalue weighted by atomic mass is 16.2. The van der Waals surface area contributed by atoms with E-state index in [0.29, 0.717) is 28.6 Å². The number of anilines is 1. The topological polar surface area (TPSA) is 149 Å². The van der Waals surface area contributed by atoms with Gasteiger partial charge in [-0.1, -0.05) is 51.0 Å². The summed E-state index contributed by atoms with van der Waals surface area (Å²) in [6.07, 6.45) is 3.76. The summed E-state index contributed by atoms with van der Waals surface area (Å²) in [5.41, 5.74) is 14.9. The van der Waals surface area contributed by atoms with Crippen LogP contribution in [0.3, 0.4) is 0 Å². The summed E-state index contributed by atoms with van der Waals surface area (Å²) in [6, 6.07) is 15.1. The largest absolute Gasteiger partial charge is 0.388 e. The van der Waals surface area contributed by atoms with E-state index in [9.17, 15) is 9.59 Å². The van der Waals surface area contributed by atoms with Gasteiger partial charge in [0.2, 0.25) is 0 Å². The van der Waals surface area contributed by atoms with E-state index >= 15 is 0 Å². The number of hydrogen-bond donors (Lipinski definition) is 5. The number of unbranched alkanes of at least 4 members (excludes halogenated alkanes) is 2. The average molecular weight is 501 g/mol. The lowest BCUT2D eigenvalue weighted by Crippen LogP contribution is -2.40. The predicted octanol–water partition coefficient (Wildman–Crippen LogP) is 5.34. The Morgan fingerprint density at radius 1 is 0.865 bits per heavy atom. The van der Waals surface area contributed by atoms with Crippen LogP contribution in [0.5, 0.6) is 0 Å². The SMILES string of the molecule is CC(=N)N.CCCCNc1ccc2c3c(ccc(-c4cccc(C(=N)N)c4)c13)C(=O)N(CCCC)C2=O. The van der Waals surface area contributed by atoms with Gasteiger partial charge in [-0.15, -0.1) is 0 Å². The molecule has 0 atom stereocenters. The van der Waals surface area contributed by atoms with Gasteiger partial charge in [-0.3, -0.25) is 25.3 Å². The van der Waals surface area contributed by atoms with Crippen molar-refractivity contribution in [3.63, 3.8) is 0 Å². The fourth-order valence-electron chi connectivity index (χ4n) is 4.40. The van der Waals surface area contributed by atoms with Crippen molar-refractivity contribution in [2.45, 2.75) is 46.5 Å². The summed E-state index contributed by atoms with van der Waals surface area (Å²) in [5, 5.41) is 19.2. The van der Waals surface area contributed by atoms with E-state index < -0.39 is 0 Å². The minimum atomic E-state index is -0.235. The van der Waals surface area contributed by atoms with Crippen LogP contribution in [-0.2, 0) is 0 Å². The van der Waals surface area contributed by atoms with E-state index in [2.05, 4.69) is 12.2 Å². The maximum Gasteiger partial charge on any atom is 0.261 e. The van der Waals surface area contributed by atoms with Crippen molar-refractivity contribution in [3.8, 4) is 11.1 Å². The number of hydrogen-bond acceptors (Lipinski definition) is 5. The number of nitrogens with one attached hydrogen (secondary N) is 3. The molecule has 0 fully saturated rings. The van der Waals surface area contributed by atoms with Gasteiger partial charge in [0, 0.05) is 46.2 Å². The predicted molar refractivity (Wildman–Crippen MR) is 152 cm³/mol. The molecule has 0 aliphatic carbocycles. The molecule has 0 saturated heterocycles. The number of carbonyl (C=O) groups is 2. The monoisotopic (exact) mass is 500 g/mol. The van der Waals surface area contributed by atoms with E-state index in [-0.39, 0.29) is 23.5 Å². The molecular weight excluding hydrogens is 464 g/mol. The first kappa shape index (κ1) is 27.4. The normalized spacial score (nSPS) is 12.2. The molecule has 0 unspecified atom stereocenters. The third-order valence-corrected chi connectivity index (χ3v) is 6.18. The second-order valence-corrected chi connectivity index (χ2v) is 9.14. The van der Waals surface area contributed by atoms with Gasteiger partial charge in [-0.05, 0) is 55.2 Å². The number of nitrogens with zero attached hydrogens (tertiary/aromatic N) is 1. The van der Waals surface area contributed by atoms with E-state index in [0.717, 1.165) is 54.4 Å². The first-order valence-electron chi connectivity index (χ1n) is 12.7. The molecule has 0 bridgehead atoms. The molecule has 0 spiro atoms. The maximum atomic E-state index is 13.3. The third-order valence-electron chi connectivity index (χ3n) is 6.18. The molecule has 37 heavy (non-hydrogen) atoms. The Labute approximate surface area is 218 Å². The molecule has 2 amide bonds. The third kappa shape index (κ3) is 5.97. The zero-order valence-corrected chi connectivity index (χ0v) is 21.8. The van der Waals surface area contributed by atoms with Gasteiger partial charge >= 0.3 is 0 Å². The molecule has 3 aromatic rings. The van der Waals surface area contributed by atoms with Crippen LogP contribution in [0.2, 0.25) is 0 Å². The highest BCUT2D eigenvalue weighted by Gasteiger charge is 2.33. The van der Waals surface area contributed by atoms with Crippen molar-refractivity contribution in [3.05, 3.63) is 65.2 Å². The van der Waals surface area contributed by atoms with Crippen LogP contribution in [-0.4, -0.2) is 41.5 Å².